The van der Waals surface area contributed by atoms with Crippen LogP contribution in [0.15, 0.2) is 36.7 Å². The van der Waals surface area contributed by atoms with Crippen LogP contribution in [0.1, 0.15) is 19.2 Å². The number of carbonyl (C=O) groups excluding carboxylic acids is 1. The second kappa shape index (κ2) is 6.04. The summed E-state index contributed by atoms with van der Waals surface area (Å²) in [5.41, 5.74) is 1.81. The average Bonchev–Trinajstić information content (AvgIpc) is 2.83. The molecule has 0 aliphatic carbocycles. The largest absolute Gasteiger partial charge is 0.378 e. The van der Waals surface area contributed by atoms with E-state index in [1.807, 2.05) is 49.0 Å². The monoisotopic (exact) mass is 258 g/mol. The van der Waals surface area contributed by atoms with Crippen molar-refractivity contribution in [2.24, 2.45) is 7.05 Å². The molecule has 0 aliphatic heterocycles. The lowest BCUT2D eigenvalue weighted by Crippen LogP contribution is -2.09. The third-order valence-corrected chi connectivity index (χ3v) is 2.86. The van der Waals surface area contributed by atoms with Gasteiger partial charge < -0.3 is 15.2 Å². The Hall–Kier alpha value is -2.30. The molecule has 0 saturated heterocycles. The molecule has 1 amide bonds. The highest BCUT2D eigenvalue weighted by Gasteiger charge is 2.01. The number of imidazole rings is 1. The average molecular weight is 258 g/mol. The van der Waals surface area contributed by atoms with Gasteiger partial charge in [0.2, 0.25) is 5.91 Å². The normalized spacial score (nSPS) is 10.2. The summed E-state index contributed by atoms with van der Waals surface area (Å²) in [7, 11) is 1.97. The molecule has 1 aromatic carbocycles. The second-order valence-electron chi connectivity index (χ2n) is 4.29. The number of hydrogen-bond donors (Lipinski definition) is 2. The Balaban J connectivity index is 1.92. The van der Waals surface area contributed by atoms with Crippen molar-refractivity contribution in [1.29, 1.82) is 0 Å². The maximum Gasteiger partial charge on any atom is 0.224 e. The van der Waals surface area contributed by atoms with Crippen molar-refractivity contribution in [3.63, 3.8) is 0 Å². The van der Waals surface area contributed by atoms with E-state index in [0.29, 0.717) is 13.0 Å². The lowest BCUT2D eigenvalue weighted by atomic mass is 10.2. The smallest absolute Gasteiger partial charge is 0.224 e. The van der Waals surface area contributed by atoms with Crippen LogP contribution in [0.25, 0.3) is 0 Å². The van der Waals surface area contributed by atoms with Gasteiger partial charge in [0.25, 0.3) is 0 Å². The fourth-order valence-electron chi connectivity index (χ4n) is 1.67. The molecule has 100 valence electrons. The van der Waals surface area contributed by atoms with Gasteiger partial charge in [-0.1, -0.05) is 6.92 Å². The van der Waals surface area contributed by atoms with Gasteiger partial charge in [-0.25, -0.2) is 4.98 Å². The predicted octanol–water partition coefficient (Wildman–Crippen LogP) is 2.38. The van der Waals surface area contributed by atoms with E-state index in [9.17, 15) is 4.79 Å². The number of carbonyl (C=O) groups is 1. The molecule has 0 radical (unpaired) electrons. The van der Waals surface area contributed by atoms with E-state index in [-0.39, 0.29) is 5.91 Å². The first-order valence-corrected chi connectivity index (χ1v) is 6.29. The van der Waals surface area contributed by atoms with Crippen molar-refractivity contribution >= 4 is 17.3 Å². The molecular weight excluding hydrogens is 240 g/mol. The van der Waals surface area contributed by atoms with Crippen molar-refractivity contribution in [3.05, 3.63) is 42.5 Å². The number of nitrogens with zero attached hydrogens (tertiary/aromatic N) is 2. The fourth-order valence-corrected chi connectivity index (χ4v) is 1.67. The summed E-state index contributed by atoms with van der Waals surface area (Å²) < 4.78 is 1.98. The molecule has 2 rings (SSSR count). The molecule has 0 saturated carbocycles. The molecule has 0 spiro atoms. The van der Waals surface area contributed by atoms with Crippen LogP contribution in [-0.2, 0) is 18.4 Å². The Bertz CT molecular complexity index is 545. The van der Waals surface area contributed by atoms with E-state index in [4.69, 9.17) is 0 Å². The van der Waals surface area contributed by atoms with Gasteiger partial charge in [0.1, 0.15) is 5.82 Å². The van der Waals surface area contributed by atoms with Crippen molar-refractivity contribution in [1.82, 2.24) is 9.55 Å². The summed E-state index contributed by atoms with van der Waals surface area (Å²) >= 11 is 0. The number of aryl methyl sites for hydroxylation is 1. The molecule has 0 atom stereocenters. The predicted molar refractivity (Wildman–Crippen MR) is 75.9 cm³/mol. The Kier molecular flexibility index (Phi) is 4.18. The minimum atomic E-state index is 0.0220. The number of aromatic nitrogens is 2. The van der Waals surface area contributed by atoms with E-state index in [2.05, 4.69) is 15.6 Å². The summed E-state index contributed by atoms with van der Waals surface area (Å²) in [6.07, 6.45) is 4.18. The lowest BCUT2D eigenvalue weighted by Gasteiger charge is -2.08. The first-order valence-electron chi connectivity index (χ1n) is 6.29. The first kappa shape index (κ1) is 13.1. The quantitative estimate of drug-likeness (QED) is 0.865. The van der Waals surface area contributed by atoms with Gasteiger partial charge in [-0.2, -0.15) is 0 Å². The number of nitrogens with one attached hydrogen (secondary N) is 2. The molecule has 5 heteroatoms. The highest BCUT2D eigenvalue weighted by atomic mass is 16.1. The molecule has 2 N–H and O–H groups in total. The maximum absolute atomic E-state index is 11.2. The molecule has 0 fully saturated rings. The van der Waals surface area contributed by atoms with Crippen LogP contribution in [0.4, 0.5) is 11.4 Å². The van der Waals surface area contributed by atoms with Crippen molar-refractivity contribution in [3.8, 4) is 0 Å². The van der Waals surface area contributed by atoms with Gasteiger partial charge in [-0.3, -0.25) is 4.79 Å². The molecule has 0 unspecified atom stereocenters. The van der Waals surface area contributed by atoms with Crippen LogP contribution in [0.3, 0.4) is 0 Å². The van der Waals surface area contributed by atoms with E-state index < -0.39 is 0 Å². The molecule has 5 nitrogen and oxygen atoms in total. The number of amides is 1. The van der Waals surface area contributed by atoms with Crippen molar-refractivity contribution < 1.29 is 4.79 Å². The Morgan fingerprint density at radius 1 is 1.26 bits per heavy atom. The van der Waals surface area contributed by atoms with Gasteiger partial charge in [0, 0.05) is 37.2 Å². The van der Waals surface area contributed by atoms with Gasteiger partial charge in [0.15, 0.2) is 0 Å². The highest BCUT2D eigenvalue weighted by molar-refractivity contribution is 5.90. The molecule has 0 aliphatic rings. The first-order chi connectivity index (χ1) is 9.19. The zero-order valence-electron chi connectivity index (χ0n) is 11.2. The van der Waals surface area contributed by atoms with Crippen LogP contribution < -0.4 is 10.6 Å². The van der Waals surface area contributed by atoms with Gasteiger partial charge >= 0.3 is 0 Å². The van der Waals surface area contributed by atoms with E-state index in [0.717, 1.165) is 17.2 Å². The molecule has 2 aromatic rings. The fraction of sp³-hybridized carbons (Fsp3) is 0.286. The number of anilines is 2. The van der Waals surface area contributed by atoms with Gasteiger partial charge in [-0.15, -0.1) is 0 Å². The topological polar surface area (TPSA) is 59.0 Å². The van der Waals surface area contributed by atoms with Crippen LogP contribution in [-0.4, -0.2) is 15.5 Å². The van der Waals surface area contributed by atoms with Crippen LogP contribution >= 0.6 is 0 Å². The van der Waals surface area contributed by atoms with E-state index >= 15 is 0 Å². The standard InChI is InChI=1S/C14H18N4O/c1-3-14(19)17-12-6-4-11(5-7-12)16-10-13-15-8-9-18(13)2/h4-9,16H,3,10H2,1-2H3,(H,17,19). The second-order valence-corrected chi connectivity index (χ2v) is 4.29. The lowest BCUT2D eigenvalue weighted by molar-refractivity contribution is -0.115. The summed E-state index contributed by atoms with van der Waals surface area (Å²) in [5, 5.41) is 6.10. The summed E-state index contributed by atoms with van der Waals surface area (Å²) in [5.74, 6) is 0.997. The number of benzene rings is 1. The zero-order valence-corrected chi connectivity index (χ0v) is 11.2. The molecule has 19 heavy (non-hydrogen) atoms. The molecule has 0 bridgehead atoms. The number of hydrogen-bond acceptors (Lipinski definition) is 3. The SMILES string of the molecule is CCC(=O)Nc1ccc(NCc2nccn2C)cc1. The van der Waals surface area contributed by atoms with Crippen molar-refractivity contribution in [2.45, 2.75) is 19.9 Å². The van der Waals surface area contributed by atoms with Crippen molar-refractivity contribution in [2.75, 3.05) is 10.6 Å². The van der Waals surface area contributed by atoms with Crippen LogP contribution in [0, 0.1) is 0 Å². The van der Waals surface area contributed by atoms with Crippen LogP contribution in [0.2, 0.25) is 0 Å². The van der Waals surface area contributed by atoms with Gasteiger partial charge in [0.05, 0.1) is 6.54 Å². The van der Waals surface area contributed by atoms with E-state index in [1.54, 1.807) is 6.20 Å². The molecule has 1 heterocycles. The molecule has 1 aromatic heterocycles. The summed E-state index contributed by atoms with van der Waals surface area (Å²) in [6.45, 7) is 2.50. The Morgan fingerprint density at radius 2 is 1.95 bits per heavy atom. The molecular formula is C14H18N4O. The summed E-state index contributed by atoms with van der Waals surface area (Å²) in [4.78, 5) is 15.5. The Morgan fingerprint density at radius 3 is 2.53 bits per heavy atom. The minimum Gasteiger partial charge on any atom is -0.378 e. The zero-order chi connectivity index (χ0) is 13.7. The third kappa shape index (κ3) is 3.58. The maximum atomic E-state index is 11.2. The highest BCUT2D eigenvalue weighted by Crippen LogP contribution is 2.14. The minimum absolute atomic E-state index is 0.0220. The summed E-state index contributed by atoms with van der Waals surface area (Å²) in [6, 6.07) is 7.64. The van der Waals surface area contributed by atoms with Crippen LogP contribution in [0.5, 0.6) is 0 Å². The van der Waals surface area contributed by atoms with E-state index in [1.165, 1.54) is 0 Å². The van der Waals surface area contributed by atoms with Gasteiger partial charge in [-0.05, 0) is 24.3 Å². The Labute approximate surface area is 112 Å². The third-order valence-electron chi connectivity index (χ3n) is 2.86. The number of rotatable bonds is 5.